The predicted octanol–water partition coefficient (Wildman–Crippen LogP) is 2.79. The number of carbonyl (C=O) groups excluding carboxylic acids is 1. The molecule has 3 rings (SSSR count). The molecule has 0 spiro atoms. The second-order valence-electron chi connectivity index (χ2n) is 6.33. The van der Waals surface area contributed by atoms with Gasteiger partial charge in [-0.3, -0.25) is 9.59 Å². The normalized spacial score (nSPS) is 20.7. The van der Waals surface area contributed by atoms with Gasteiger partial charge in [0.25, 0.3) is 5.91 Å². The molecule has 2 N–H and O–H groups in total. The molecule has 1 aliphatic heterocycles. The summed E-state index contributed by atoms with van der Waals surface area (Å²) in [4.78, 5) is 24.3. The van der Waals surface area contributed by atoms with E-state index in [2.05, 4.69) is 5.32 Å². The Labute approximate surface area is 151 Å². The average Bonchev–Trinajstić information content (AvgIpc) is 2.65. The van der Waals surface area contributed by atoms with Gasteiger partial charge in [-0.1, -0.05) is 42.5 Å². The van der Waals surface area contributed by atoms with Gasteiger partial charge in [0.15, 0.2) is 11.5 Å². The van der Waals surface area contributed by atoms with Gasteiger partial charge in [-0.25, -0.2) is 0 Å². The molecule has 0 saturated carbocycles. The molecule has 4 atom stereocenters. The monoisotopic (exact) mass is 355 g/mol. The summed E-state index contributed by atoms with van der Waals surface area (Å²) in [7, 11) is 0. The van der Waals surface area contributed by atoms with E-state index in [0.717, 1.165) is 5.56 Å². The van der Waals surface area contributed by atoms with Gasteiger partial charge in [0.2, 0.25) is 6.10 Å². The summed E-state index contributed by atoms with van der Waals surface area (Å²) in [6, 6.07) is 15.5. The van der Waals surface area contributed by atoms with Crippen molar-refractivity contribution < 1.29 is 24.2 Å². The molecule has 1 heterocycles. The zero-order chi connectivity index (χ0) is 18.7. The number of carboxylic acids is 1. The first-order valence-corrected chi connectivity index (χ1v) is 8.48. The number of carboxylic acid groups (broad SMARTS) is 1. The molecular formula is C20H21NO5. The Morgan fingerprint density at radius 2 is 1.58 bits per heavy atom. The zero-order valence-electron chi connectivity index (χ0n) is 14.6. The molecule has 0 radical (unpaired) electrons. The Balaban J connectivity index is 1.81. The van der Waals surface area contributed by atoms with Crippen LogP contribution in [0, 0.1) is 5.92 Å². The highest BCUT2D eigenvalue weighted by Crippen LogP contribution is 2.34. The SMILES string of the molecule is CC1Oc2ccccc2OC1C(=O)NC(c1ccccc1)C(C)C(=O)O. The summed E-state index contributed by atoms with van der Waals surface area (Å²) in [6.07, 6.45) is -1.36. The van der Waals surface area contributed by atoms with Crippen molar-refractivity contribution in [2.45, 2.75) is 32.1 Å². The highest BCUT2D eigenvalue weighted by Gasteiger charge is 2.36. The number of ether oxygens (including phenoxy) is 2. The first-order chi connectivity index (χ1) is 12.5. The first kappa shape index (κ1) is 17.8. The minimum Gasteiger partial charge on any atom is -0.482 e. The van der Waals surface area contributed by atoms with Crippen LogP contribution in [0.2, 0.25) is 0 Å². The lowest BCUT2D eigenvalue weighted by molar-refractivity contribution is -0.143. The van der Waals surface area contributed by atoms with E-state index in [0.29, 0.717) is 11.5 Å². The number of hydrogen-bond donors (Lipinski definition) is 2. The quantitative estimate of drug-likeness (QED) is 0.861. The fraction of sp³-hybridized carbons (Fsp3) is 0.300. The van der Waals surface area contributed by atoms with Crippen LogP contribution in [0.5, 0.6) is 11.5 Å². The van der Waals surface area contributed by atoms with Crippen molar-refractivity contribution in [1.82, 2.24) is 5.32 Å². The molecule has 6 nitrogen and oxygen atoms in total. The van der Waals surface area contributed by atoms with Crippen LogP contribution in [0.15, 0.2) is 54.6 Å². The van der Waals surface area contributed by atoms with E-state index in [9.17, 15) is 14.7 Å². The van der Waals surface area contributed by atoms with Crippen LogP contribution < -0.4 is 14.8 Å². The predicted molar refractivity (Wildman–Crippen MR) is 95.1 cm³/mol. The number of amides is 1. The third kappa shape index (κ3) is 3.64. The van der Waals surface area contributed by atoms with Crippen LogP contribution in [-0.2, 0) is 9.59 Å². The number of hydrogen-bond acceptors (Lipinski definition) is 4. The molecule has 6 heteroatoms. The third-order valence-corrected chi connectivity index (χ3v) is 4.45. The lowest BCUT2D eigenvalue weighted by Crippen LogP contribution is -2.51. The number of rotatable bonds is 5. The van der Waals surface area contributed by atoms with E-state index in [-0.39, 0.29) is 0 Å². The van der Waals surface area contributed by atoms with E-state index in [1.54, 1.807) is 44.2 Å². The second kappa shape index (κ2) is 7.47. The summed E-state index contributed by atoms with van der Waals surface area (Å²) in [5, 5.41) is 12.2. The Hall–Kier alpha value is -3.02. The highest BCUT2D eigenvalue weighted by molar-refractivity contribution is 5.83. The molecule has 4 unspecified atom stereocenters. The van der Waals surface area contributed by atoms with Crippen LogP contribution in [0.4, 0.5) is 0 Å². The van der Waals surface area contributed by atoms with Gasteiger partial charge >= 0.3 is 5.97 Å². The Morgan fingerprint density at radius 1 is 1.00 bits per heavy atom. The first-order valence-electron chi connectivity index (χ1n) is 8.48. The molecule has 0 bridgehead atoms. The summed E-state index contributed by atoms with van der Waals surface area (Å²) in [6.45, 7) is 3.32. The Kier molecular flexibility index (Phi) is 5.11. The second-order valence-corrected chi connectivity index (χ2v) is 6.33. The van der Waals surface area contributed by atoms with E-state index >= 15 is 0 Å². The molecular weight excluding hydrogens is 334 g/mol. The van der Waals surface area contributed by atoms with Gasteiger partial charge in [-0.05, 0) is 31.5 Å². The van der Waals surface area contributed by atoms with Crippen LogP contribution in [0.1, 0.15) is 25.5 Å². The summed E-state index contributed by atoms with van der Waals surface area (Å²) >= 11 is 0. The van der Waals surface area contributed by atoms with Crippen molar-refractivity contribution in [3.8, 4) is 11.5 Å². The molecule has 0 saturated heterocycles. The Morgan fingerprint density at radius 3 is 2.19 bits per heavy atom. The average molecular weight is 355 g/mol. The number of para-hydroxylation sites is 2. The fourth-order valence-electron chi connectivity index (χ4n) is 2.94. The van der Waals surface area contributed by atoms with Crippen molar-refractivity contribution in [3.05, 3.63) is 60.2 Å². The topological polar surface area (TPSA) is 84.9 Å². The third-order valence-electron chi connectivity index (χ3n) is 4.45. The number of benzene rings is 2. The van der Waals surface area contributed by atoms with Crippen LogP contribution in [0.3, 0.4) is 0 Å². The maximum atomic E-state index is 12.8. The van der Waals surface area contributed by atoms with Crippen LogP contribution in [0.25, 0.3) is 0 Å². The van der Waals surface area contributed by atoms with E-state index in [1.165, 1.54) is 0 Å². The number of aliphatic carboxylic acids is 1. The number of nitrogens with one attached hydrogen (secondary N) is 1. The maximum Gasteiger partial charge on any atom is 0.308 e. The van der Waals surface area contributed by atoms with Gasteiger partial charge in [-0.2, -0.15) is 0 Å². The van der Waals surface area contributed by atoms with E-state index in [1.807, 2.05) is 24.3 Å². The van der Waals surface area contributed by atoms with Crippen molar-refractivity contribution in [3.63, 3.8) is 0 Å². The minimum absolute atomic E-state index is 0.408. The molecule has 2 aromatic rings. The van der Waals surface area contributed by atoms with Crippen LogP contribution in [-0.4, -0.2) is 29.2 Å². The van der Waals surface area contributed by atoms with Crippen molar-refractivity contribution >= 4 is 11.9 Å². The van der Waals surface area contributed by atoms with Gasteiger partial charge in [-0.15, -0.1) is 0 Å². The van der Waals surface area contributed by atoms with Gasteiger partial charge in [0.1, 0.15) is 6.10 Å². The molecule has 0 fully saturated rings. The molecule has 1 aliphatic rings. The molecule has 136 valence electrons. The maximum absolute atomic E-state index is 12.8. The standard InChI is InChI=1S/C20H21NO5/c1-12(20(23)24)17(14-8-4-3-5-9-14)21-19(22)18-13(2)25-15-10-6-7-11-16(15)26-18/h3-13,17-18H,1-2H3,(H,21,22)(H,23,24). The fourth-order valence-corrected chi connectivity index (χ4v) is 2.94. The molecule has 0 aromatic heterocycles. The van der Waals surface area contributed by atoms with Crippen molar-refractivity contribution in [2.75, 3.05) is 0 Å². The largest absolute Gasteiger partial charge is 0.482 e. The summed E-state index contributed by atoms with van der Waals surface area (Å²) in [5.41, 5.74) is 0.723. The van der Waals surface area contributed by atoms with Crippen molar-refractivity contribution in [2.24, 2.45) is 5.92 Å². The summed E-state index contributed by atoms with van der Waals surface area (Å²) < 4.78 is 11.6. The van der Waals surface area contributed by atoms with E-state index in [4.69, 9.17) is 9.47 Å². The molecule has 0 aliphatic carbocycles. The van der Waals surface area contributed by atoms with Gasteiger partial charge < -0.3 is 19.9 Å². The molecule has 2 aromatic carbocycles. The Bertz CT molecular complexity index is 792. The van der Waals surface area contributed by atoms with Crippen LogP contribution >= 0.6 is 0 Å². The number of carbonyl (C=O) groups is 2. The highest BCUT2D eigenvalue weighted by atomic mass is 16.6. The lowest BCUT2D eigenvalue weighted by Gasteiger charge is -2.32. The van der Waals surface area contributed by atoms with E-state index < -0.39 is 36.0 Å². The van der Waals surface area contributed by atoms with Gasteiger partial charge in [0.05, 0.1) is 12.0 Å². The smallest absolute Gasteiger partial charge is 0.308 e. The van der Waals surface area contributed by atoms with Crippen molar-refractivity contribution in [1.29, 1.82) is 0 Å². The number of fused-ring (bicyclic) bond motifs is 1. The minimum atomic E-state index is -0.988. The molecule has 1 amide bonds. The lowest BCUT2D eigenvalue weighted by atomic mass is 9.94. The summed E-state index contributed by atoms with van der Waals surface area (Å²) in [5.74, 6) is -1.11. The zero-order valence-corrected chi connectivity index (χ0v) is 14.6. The molecule has 26 heavy (non-hydrogen) atoms. The van der Waals surface area contributed by atoms with Gasteiger partial charge in [0, 0.05) is 0 Å².